The van der Waals surface area contributed by atoms with Crippen LogP contribution in [-0.4, -0.2) is 31.9 Å². The maximum Gasteiger partial charge on any atom is 0.320 e. The summed E-state index contributed by atoms with van der Waals surface area (Å²) >= 11 is 2.16. The topological polar surface area (TPSA) is 69.7 Å². The van der Waals surface area contributed by atoms with Crippen molar-refractivity contribution in [2.24, 2.45) is 5.92 Å². The lowest BCUT2D eigenvalue weighted by Crippen LogP contribution is -2.33. The van der Waals surface area contributed by atoms with Gasteiger partial charge in [-0.1, -0.05) is 42.5 Å². The number of carbonyl (C=O) groups is 3. The highest BCUT2D eigenvalue weighted by atomic mass is 127. The van der Waals surface area contributed by atoms with Gasteiger partial charge in [0, 0.05) is 21.5 Å². The van der Waals surface area contributed by atoms with E-state index in [4.69, 9.17) is 9.47 Å². The van der Waals surface area contributed by atoms with Crippen molar-refractivity contribution in [1.29, 1.82) is 0 Å². The van der Waals surface area contributed by atoms with Gasteiger partial charge in [-0.05, 0) is 40.3 Å². The van der Waals surface area contributed by atoms with Crippen LogP contribution in [0.25, 0.3) is 0 Å². The predicted octanol–water partition coefficient (Wildman–Crippen LogP) is 3.61. The van der Waals surface area contributed by atoms with Crippen LogP contribution >= 0.6 is 22.6 Å². The standard InChI is InChI=1S/C20H19IO5/c1-25-19(23)18(20(24)26-2)16(13-6-4-3-5-7-13)12-17(22)14-8-10-15(21)11-9-14/h3-11,16,18H,12H2,1-2H3. The molecule has 0 N–H and O–H groups in total. The van der Waals surface area contributed by atoms with Crippen molar-refractivity contribution in [2.75, 3.05) is 14.2 Å². The molecule has 2 aromatic rings. The number of hydrogen-bond acceptors (Lipinski definition) is 5. The van der Waals surface area contributed by atoms with E-state index in [1.807, 2.05) is 18.2 Å². The second-order valence-electron chi connectivity index (χ2n) is 5.68. The summed E-state index contributed by atoms with van der Waals surface area (Å²) in [5, 5.41) is 0. The molecule has 0 bridgehead atoms. The highest BCUT2D eigenvalue weighted by Gasteiger charge is 2.39. The molecule has 136 valence electrons. The van der Waals surface area contributed by atoms with E-state index in [0.29, 0.717) is 11.1 Å². The molecule has 0 aromatic heterocycles. The van der Waals surface area contributed by atoms with Crippen molar-refractivity contribution in [3.05, 3.63) is 69.3 Å². The zero-order valence-corrected chi connectivity index (χ0v) is 16.6. The van der Waals surface area contributed by atoms with Crippen LogP contribution in [0, 0.1) is 9.49 Å². The first-order valence-electron chi connectivity index (χ1n) is 7.97. The van der Waals surface area contributed by atoms with Gasteiger partial charge in [0.1, 0.15) is 0 Å². The molecule has 26 heavy (non-hydrogen) atoms. The summed E-state index contributed by atoms with van der Waals surface area (Å²) in [7, 11) is 2.42. The Balaban J connectivity index is 2.40. The minimum Gasteiger partial charge on any atom is -0.468 e. The van der Waals surface area contributed by atoms with Gasteiger partial charge >= 0.3 is 11.9 Å². The van der Waals surface area contributed by atoms with E-state index in [1.54, 1.807) is 36.4 Å². The van der Waals surface area contributed by atoms with Gasteiger partial charge in [-0.3, -0.25) is 14.4 Å². The SMILES string of the molecule is COC(=O)C(C(=O)OC)C(CC(=O)c1ccc(I)cc1)c1ccccc1. The number of ether oxygens (including phenoxy) is 2. The minimum absolute atomic E-state index is 0.0144. The van der Waals surface area contributed by atoms with Crippen LogP contribution in [0.2, 0.25) is 0 Å². The Labute approximate surface area is 165 Å². The molecule has 1 unspecified atom stereocenters. The monoisotopic (exact) mass is 466 g/mol. The Morgan fingerprint density at radius 1 is 0.885 bits per heavy atom. The average Bonchev–Trinajstić information content (AvgIpc) is 2.68. The Morgan fingerprint density at radius 3 is 1.92 bits per heavy atom. The van der Waals surface area contributed by atoms with Gasteiger partial charge in [0.15, 0.2) is 11.7 Å². The number of benzene rings is 2. The predicted molar refractivity (Wildman–Crippen MR) is 105 cm³/mol. The number of methoxy groups -OCH3 is 2. The van der Waals surface area contributed by atoms with Gasteiger partial charge in [0.05, 0.1) is 14.2 Å². The first-order valence-corrected chi connectivity index (χ1v) is 9.05. The third-order valence-electron chi connectivity index (χ3n) is 4.11. The van der Waals surface area contributed by atoms with E-state index in [-0.39, 0.29) is 12.2 Å². The summed E-state index contributed by atoms with van der Waals surface area (Å²) in [5.41, 5.74) is 1.23. The first-order chi connectivity index (χ1) is 12.5. The molecule has 0 aliphatic rings. The molecule has 0 radical (unpaired) electrons. The maximum absolute atomic E-state index is 12.8. The van der Waals surface area contributed by atoms with E-state index in [1.165, 1.54) is 14.2 Å². The van der Waals surface area contributed by atoms with Gasteiger partial charge in [-0.15, -0.1) is 0 Å². The molecular weight excluding hydrogens is 447 g/mol. The lowest BCUT2D eigenvalue weighted by Gasteiger charge is -2.23. The van der Waals surface area contributed by atoms with Crippen LogP contribution in [0.3, 0.4) is 0 Å². The van der Waals surface area contributed by atoms with E-state index in [2.05, 4.69) is 22.6 Å². The van der Waals surface area contributed by atoms with E-state index in [9.17, 15) is 14.4 Å². The molecule has 0 aliphatic carbocycles. The molecule has 0 saturated heterocycles. The molecule has 1 atom stereocenters. The number of carbonyl (C=O) groups excluding carboxylic acids is 3. The largest absolute Gasteiger partial charge is 0.468 e. The average molecular weight is 466 g/mol. The molecule has 2 rings (SSSR count). The molecule has 0 saturated carbocycles. The van der Waals surface area contributed by atoms with Crippen molar-refractivity contribution >= 4 is 40.3 Å². The van der Waals surface area contributed by atoms with Crippen LogP contribution in [-0.2, 0) is 19.1 Å². The highest BCUT2D eigenvalue weighted by Crippen LogP contribution is 2.31. The zero-order chi connectivity index (χ0) is 19.1. The van der Waals surface area contributed by atoms with Crippen molar-refractivity contribution in [1.82, 2.24) is 0 Å². The normalized spacial score (nSPS) is 11.7. The summed E-state index contributed by atoms with van der Waals surface area (Å²) in [6.45, 7) is 0. The number of rotatable bonds is 7. The van der Waals surface area contributed by atoms with Crippen LogP contribution in [0.4, 0.5) is 0 Å². The number of hydrogen-bond donors (Lipinski definition) is 0. The smallest absolute Gasteiger partial charge is 0.320 e. The fraction of sp³-hybridized carbons (Fsp3) is 0.250. The third kappa shape index (κ3) is 4.91. The molecule has 2 aromatic carbocycles. The second kappa shape index (κ2) is 9.47. The summed E-state index contributed by atoms with van der Waals surface area (Å²) in [4.78, 5) is 37.3. The maximum atomic E-state index is 12.8. The summed E-state index contributed by atoms with van der Waals surface area (Å²) in [5.74, 6) is -3.49. The Hall–Kier alpha value is -2.22. The highest BCUT2D eigenvalue weighted by molar-refractivity contribution is 14.1. The molecule has 0 spiro atoms. The summed E-state index contributed by atoms with van der Waals surface area (Å²) in [6, 6.07) is 16.1. The zero-order valence-electron chi connectivity index (χ0n) is 14.5. The van der Waals surface area contributed by atoms with Gasteiger partial charge in [0.2, 0.25) is 0 Å². The Bertz CT molecular complexity index is 755. The van der Waals surface area contributed by atoms with Crippen molar-refractivity contribution < 1.29 is 23.9 Å². The minimum atomic E-state index is -1.21. The van der Waals surface area contributed by atoms with Crippen LogP contribution in [0.5, 0.6) is 0 Å². The number of halogens is 1. The Morgan fingerprint density at radius 2 is 1.42 bits per heavy atom. The van der Waals surface area contributed by atoms with E-state index < -0.39 is 23.8 Å². The molecule has 6 heteroatoms. The molecule has 0 amide bonds. The number of Topliss-reactive ketones (excluding diaryl/α,β-unsaturated/α-hetero) is 1. The number of esters is 2. The fourth-order valence-corrected chi connectivity index (χ4v) is 3.12. The molecule has 5 nitrogen and oxygen atoms in total. The van der Waals surface area contributed by atoms with Crippen LogP contribution < -0.4 is 0 Å². The summed E-state index contributed by atoms with van der Waals surface area (Å²) in [6.07, 6.45) is -0.0144. The van der Waals surface area contributed by atoms with E-state index in [0.717, 1.165) is 3.57 Å². The van der Waals surface area contributed by atoms with Crippen LogP contribution in [0.1, 0.15) is 28.3 Å². The quantitative estimate of drug-likeness (QED) is 0.270. The van der Waals surface area contributed by atoms with Gasteiger partial charge < -0.3 is 9.47 Å². The molecular formula is C20H19IO5. The Kier molecular flexibility index (Phi) is 7.32. The molecule has 0 aliphatic heterocycles. The fourth-order valence-electron chi connectivity index (χ4n) is 2.76. The third-order valence-corrected chi connectivity index (χ3v) is 4.83. The summed E-state index contributed by atoms with van der Waals surface area (Å²) < 4.78 is 10.6. The van der Waals surface area contributed by atoms with Gasteiger partial charge in [0.25, 0.3) is 0 Å². The molecule has 0 heterocycles. The van der Waals surface area contributed by atoms with Crippen molar-refractivity contribution in [3.63, 3.8) is 0 Å². The van der Waals surface area contributed by atoms with Crippen molar-refractivity contribution in [2.45, 2.75) is 12.3 Å². The molecule has 0 fully saturated rings. The number of ketones is 1. The second-order valence-corrected chi connectivity index (χ2v) is 6.92. The lowest BCUT2D eigenvalue weighted by atomic mass is 9.81. The lowest BCUT2D eigenvalue weighted by molar-refractivity contribution is -0.159. The van der Waals surface area contributed by atoms with Crippen molar-refractivity contribution in [3.8, 4) is 0 Å². The first kappa shape index (κ1) is 20.1. The van der Waals surface area contributed by atoms with Crippen LogP contribution in [0.15, 0.2) is 54.6 Å². The van der Waals surface area contributed by atoms with Gasteiger partial charge in [-0.25, -0.2) is 0 Å². The van der Waals surface area contributed by atoms with Gasteiger partial charge in [-0.2, -0.15) is 0 Å². The van der Waals surface area contributed by atoms with E-state index >= 15 is 0 Å².